The zero-order chi connectivity index (χ0) is 15.9. The molecule has 0 aromatic heterocycles. The van der Waals surface area contributed by atoms with Crippen LogP contribution in [0.5, 0.6) is 0 Å². The van der Waals surface area contributed by atoms with Gasteiger partial charge in [-0.25, -0.2) is 4.90 Å². The molecule has 1 aromatic carbocycles. The molecule has 2 aliphatic rings. The summed E-state index contributed by atoms with van der Waals surface area (Å²) in [5, 5.41) is 0.334. The third-order valence-corrected chi connectivity index (χ3v) is 4.73. The molecule has 116 valence electrons. The number of carbonyl (C=O) groups is 2. The summed E-state index contributed by atoms with van der Waals surface area (Å²) in [6, 6.07) is 6.77. The number of likely N-dealkylation sites (tertiary alicyclic amines) is 1. The van der Waals surface area contributed by atoms with Crippen LogP contribution in [0.3, 0.4) is 0 Å². The third-order valence-electron chi connectivity index (χ3n) is 4.07. The van der Waals surface area contributed by atoms with Crippen molar-refractivity contribution in [3.05, 3.63) is 40.0 Å². The van der Waals surface area contributed by atoms with Crippen molar-refractivity contribution in [1.29, 1.82) is 0 Å². The Morgan fingerprint density at radius 2 is 1.86 bits per heavy atom. The van der Waals surface area contributed by atoms with E-state index < -0.39 is 11.8 Å². The summed E-state index contributed by atoms with van der Waals surface area (Å²) in [7, 11) is 0. The molecular weight excluding hydrogens is 323 g/mol. The maximum absolute atomic E-state index is 12.7. The first-order chi connectivity index (χ1) is 10.5. The Bertz CT molecular complexity index is 672. The number of hydrogen-bond donors (Lipinski definition) is 0. The molecule has 0 N–H and O–H groups in total. The molecule has 0 spiro atoms. The lowest BCUT2D eigenvalue weighted by atomic mass is 10.00. The van der Waals surface area contributed by atoms with E-state index in [0.717, 1.165) is 30.8 Å². The number of para-hydroxylation sites is 1. The summed E-state index contributed by atoms with van der Waals surface area (Å²) >= 11 is 12.3. The van der Waals surface area contributed by atoms with Crippen molar-refractivity contribution in [1.82, 2.24) is 4.90 Å². The fourth-order valence-electron chi connectivity index (χ4n) is 3.01. The lowest BCUT2D eigenvalue weighted by Gasteiger charge is -2.33. The van der Waals surface area contributed by atoms with Crippen molar-refractivity contribution >= 4 is 40.7 Å². The minimum absolute atomic E-state index is 0.0148. The summed E-state index contributed by atoms with van der Waals surface area (Å²) < 4.78 is 0. The molecule has 1 atom stereocenters. The monoisotopic (exact) mass is 338 g/mol. The van der Waals surface area contributed by atoms with Crippen LogP contribution in [0.15, 0.2) is 35.0 Å². The first kappa shape index (κ1) is 15.4. The van der Waals surface area contributed by atoms with Gasteiger partial charge in [0.05, 0.1) is 10.7 Å². The largest absolute Gasteiger partial charge is 0.365 e. The average molecular weight is 339 g/mol. The van der Waals surface area contributed by atoms with E-state index in [4.69, 9.17) is 23.2 Å². The van der Waals surface area contributed by atoms with E-state index in [1.165, 1.54) is 0 Å². The van der Waals surface area contributed by atoms with Crippen LogP contribution in [0, 0.1) is 5.92 Å². The van der Waals surface area contributed by atoms with Crippen LogP contribution < -0.4 is 4.90 Å². The Labute approximate surface area is 139 Å². The Morgan fingerprint density at radius 1 is 1.14 bits per heavy atom. The normalized spacial score (nSPS) is 22.8. The summed E-state index contributed by atoms with van der Waals surface area (Å²) in [6.07, 6.45) is 2.11. The number of halogens is 2. The zero-order valence-corrected chi connectivity index (χ0v) is 13.7. The number of benzene rings is 1. The van der Waals surface area contributed by atoms with Gasteiger partial charge in [0, 0.05) is 13.1 Å². The lowest BCUT2D eigenvalue weighted by molar-refractivity contribution is -0.121. The predicted molar refractivity (Wildman–Crippen MR) is 86.8 cm³/mol. The van der Waals surface area contributed by atoms with Crippen molar-refractivity contribution in [2.75, 3.05) is 18.0 Å². The Balaban J connectivity index is 1.95. The minimum atomic E-state index is -0.506. The maximum atomic E-state index is 12.7. The highest BCUT2D eigenvalue weighted by molar-refractivity contribution is 6.53. The third kappa shape index (κ3) is 2.50. The van der Waals surface area contributed by atoms with E-state index in [2.05, 4.69) is 6.92 Å². The van der Waals surface area contributed by atoms with Crippen molar-refractivity contribution in [3.8, 4) is 0 Å². The van der Waals surface area contributed by atoms with Crippen molar-refractivity contribution in [3.63, 3.8) is 0 Å². The number of amides is 2. The average Bonchev–Trinajstić information content (AvgIpc) is 2.70. The van der Waals surface area contributed by atoms with E-state index in [-0.39, 0.29) is 5.03 Å². The first-order valence-electron chi connectivity index (χ1n) is 7.28. The highest BCUT2D eigenvalue weighted by Gasteiger charge is 2.42. The molecule has 3 rings (SSSR count). The van der Waals surface area contributed by atoms with E-state index in [9.17, 15) is 9.59 Å². The molecule has 0 unspecified atom stereocenters. The topological polar surface area (TPSA) is 40.6 Å². The molecule has 2 heterocycles. The summed E-state index contributed by atoms with van der Waals surface area (Å²) in [6.45, 7) is 3.61. The van der Waals surface area contributed by atoms with Gasteiger partial charge in [-0.05, 0) is 30.9 Å². The number of anilines is 1. The number of nitrogens with zero attached hydrogens (tertiary/aromatic N) is 2. The van der Waals surface area contributed by atoms with Crippen LogP contribution >= 0.6 is 23.2 Å². The van der Waals surface area contributed by atoms with Gasteiger partial charge < -0.3 is 4.90 Å². The quantitative estimate of drug-likeness (QED) is 0.776. The Hall–Kier alpha value is -1.52. The van der Waals surface area contributed by atoms with Crippen LogP contribution in [-0.2, 0) is 9.59 Å². The molecular formula is C16H16Cl2N2O2. The fourth-order valence-corrected chi connectivity index (χ4v) is 3.52. The van der Waals surface area contributed by atoms with Crippen LogP contribution in [0.1, 0.15) is 19.8 Å². The Morgan fingerprint density at radius 3 is 2.55 bits per heavy atom. The molecule has 4 nitrogen and oxygen atoms in total. The van der Waals surface area contributed by atoms with Crippen LogP contribution in [0.4, 0.5) is 5.69 Å². The second-order valence-electron chi connectivity index (χ2n) is 5.75. The maximum Gasteiger partial charge on any atom is 0.283 e. The molecule has 1 fully saturated rings. The highest BCUT2D eigenvalue weighted by Crippen LogP contribution is 2.36. The number of rotatable bonds is 2. The molecule has 22 heavy (non-hydrogen) atoms. The van der Waals surface area contributed by atoms with Crippen LogP contribution in [0.25, 0.3) is 0 Å². The number of hydrogen-bond acceptors (Lipinski definition) is 3. The van der Waals surface area contributed by atoms with E-state index in [0.29, 0.717) is 22.3 Å². The smallest absolute Gasteiger partial charge is 0.283 e. The molecule has 0 aliphatic carbocycles. The summed E-state index contributed by atoms with van der Waals surface area (Å²) in [4.78, 5) is 28.2. The molecule has 1 saturated heterocycles. The van der Waals surface area contributed by atoms with E-state index in [1.54, 1.807) is 24.3 Å². The molecule has 6 heteroatoms. The number of carbonyl (C=O) groups excluding carboxylic acids is 2. The van der Waals surface area contributed by atoms with Gasteiger partial charge >= 0.3 is 0 Å². The zero-order valence-electron chi connectivity index (χ0n) is 12.2. The van der Waals surface area contributed by atoms with E-state index >= 15 is 0 Å². The molecule has 2 amide bonds. The summed E-state index contributed by atoms with van der Waals surface area (Å²) in [5.41, 5.74) is 0.676. The SMILES string of the molecule is C[C@@H]1CCCN(C2=C(Cl)C(=O)N(c3ccccc3Cl)C2=O)C1. The molecule has 0 radical (unpaired) electrons. The first-order valence-corrected chi connectivity index (χ1v) is 8.04. The second kappa shape index (κ2) is 5.94. The number of imide groups is 1. The van der Waals surface area contributed by atoms with Gasteiger partial charge in [-0.15, -0.1) is 0 Å². The van der Waals surface area contributed by atoms with Crippen molar-refractivity contribution in [2.24, 2.45) is 5.92 Å². The van der Waals surface area contributed by atoms with Gasteiger partial charge in [-0.2, -0.15) is 0 Å². The van der Waals surface area contributed by atoms with E-state index in [1.807, 2.05) is 4.90 Å². The predicted octanol–water partition coefficient (Wildman–Crippen LogP) is 3.40. The second-order valence-corrected chi connectivity index (χ2v) is 6.54. The van der Waals surface area contributed by atoms with Gasteiger partial charge in [0.25, 0.3) is 11.8 Å². The van der Waals surface area contributed by atoms with Crippen molar-refractivity contribution < 1.29 is 9.59 Å². The van der Waals surface area contributed by atoms with Crippen molar-refractivity contribution in [2.45, 2.75) is 19.8 Å². The molecule has 1 aromatic rings. The van der Waals surface area contributed by atoms with Crippen LogP contribution in [-0.4, -0.2) is 29.8 Å². The number of piperidine rings is 1. The fraction of sp³-hybridized carbons (Fsp3) is 0.375. The van der Waals surface area contributed by atoms with Gasteiger partial charge in [-0.3, -0.25) is 9.59 Å². The summed E-state index contributed by atoms with van der Waals surface area (Å²) in [5.74, 6) is -0.423. The van der Waals surface area contributed by atoms with Gasteiger partial charge in [-0.1, -0.05) is 42.3 Å². The Kier molecular flexibility index (Phi) is 4.15. The van der Waals surface area contributed by atoms with Gasteiger partial charge in [0.1, 0.15) is 10.7 Å². The van der Waals surface area contributed by atoms with Gasteiger partial charge in [0.15, 0.2) is 0 Å². The molecule has 0 bridgehead atoms. The standard InChI is InChI=1S/C16H16Cl2N2O2/c1-10-5-4-8-19(9-10)14-13(18)15(21)20(16(14)22)12-7-3-2-6-11(12)17/h2-3,6-7,10H,4-5,8-9H2,1H3/t10-/m1/s1. The van der Waals surface area contributed by atoms with Gasteiger partial charge in [0.2, 0.25) is 0 Å². The highest BCUT2D eigenvalue weighted by atomic mass is 35.5. The molecule has 2 aliphatic heterocycles. The lowest BCUT2D eigenvalue weighted by Crippen LogP contribution is -2.39. The minimum Gasteiger partial charge on any atom is -0.365 e. The molecule has 0 saturated carbocycles. The van der Waals surface area contributed by atoms with Crippen LogP contribution in [0.2, 0.25) is 5.02 Å².